The summed E-state index contributed by atoms with van der Waals surface area (Å²) in [6.07, 6.45) is 0. The molecule has 0 saturated carbocycles. The van der Waals surface area contributed by atoms with Gasteiger partial charge in [-0.2, -0.15) is 0 Å². The number of hydrogen-bond acceptors (Lipinski definition) is 2. The molecule has 3 N–H and O–H groups in total. The maximum atomic E-state index is 13.1. The zero-order valence-electron chi connectivity index (χ0n) is 10.2. The van der Waals surface area contributed by atoms with Crippen LogP contribution in [0.4, 0.5) is 14.5 Å². The van der Waals surface area contributed by atoms with Gasteiger partial charge in [0.05, 0.1) is 5.69 Å². The van der Waals surface area contributed by atoms with E-state index in [1.165, 1.54) is 36.4 Å². The third-order valence-corrected chi connectivity index (χ3v) is 2.82. The van der Waals surface area contributed by atoms with Crippen molar-refractivity contribution < 1.29 is 13.6 Å². The molecule has 20 heavy (non-hydrogen) atoms. The second-order valence-corrected chi connectivity index (χ2v) is 4.46. The quantitative estimate of drug-likeness (QED) is 0.855. The fourth-order valence-electron chi connectivity index (χ4n) is 1.63. The van der Waals surface area contributed by atoms with Gasteiger partial charge in [0, 0.05) is 11.1 Å². The van der Waals surface area contributed by atoms with Crippen LogP contribution in [0.25, 0.3) is 0 Å². The zero-order chi connectivity index (χ0) is 14.7. The predicted octanol–water partition coefficient (Wildman–Crippen LogP) is 2.85. The zero-order valence-corrected chi connectivity index (χ0v) is 11.0. The Balaban J connectivity index is 2.28. The summed E-state index contributed by atoms with van der Waals surface area (Å²) in [6.45, 7) is 0. The van der Waals surface area contributed by atoms with Crippen molar-refractivity contribution in [2.45, 2.75) is 0 Å². The van der Waals surface area contributed by atoms with Gasteiger partial charge >= 0.3 is 0 Å². The molecule has 0 atom stereocenters. The van der Waals surface area contributed by atoms with E-state index in [9.17, 15) is 13.6 Å². The molecule has 2 rings (SSSR count). The number of carbonyl (C=O) groups is 1. The molecule has 0 aliphatic heterocycles. The van der Waals surface area contributed by atoms with Gasteiger partial charge in [-0.15, -0.1) is 0 Å². The molecule has 3 nitrogen and oxygen atoms in total. The van der Waals surface area contributed by atoms with Crippen LogP contribution in [0.1, 0.15) is 15.9 Å². The lowest BCUT2D eigenvalue weighted by Gasteiger charge is -2.10. The van der Waals surface area contributed by atoms with E-state index in [0.29, 0.717) is 5.69 Å². The summed E-state index contributed by atoms with van der Waals surface area (Å²) in [5, 5.41) is 2.56. The minimum absolute atomic E-state index is 0.0288. The standard InChI is InChI=1S/C14H10F2N2OS/c15-9-3-1-8(2-4-9)14(19)18-12-6-5-10(16)7-11(12)13(17)20/h1-7H,(H2,17,20)(H,18,19). The largest absolute Gasteiger partial charge is 0.389 e. The molecular formula is C14H10F2N2OS. The lowest BCUT2D eigenvalue weighted by molar-refractivity contribution is 0.102. The van der Waals surface area contributed by atoms with Crippen molar-refractivity contribution in [2.24, 2.45) is 5.73 Å². The number of anilines is 1. The average molecular weight is 292 g/mol. The molecule has 0 heterocycles. The Morgan fingerprint density at radius 2 is 1.65 bits per heavy atom. The molecule has 0 aromatic heterocycles. The predicted molar refractivity (Wildman–Crippen MR) is 76.6 cm³/mol. The lowest BCUT2D eigenvalue weighted by Crippen LogP contribution is -2.17. The number of rotatable bonds is 3. The van der Waals surface area contributed by atoms with Gasteiger partial charge in [0.1, 0.15) is 16.6 Å². The molecule has 6 heteroatoms. The first-order valence-electron chi connectivity index (χ1n) is 5.63. The van der Waals surface area contributed by atoms with Gasteiger partial charge in [-0.05, 0) is 42.5 Å². The van der Waals surface area contributed by atoms with Crippen LogP contribution >= 0.6 is 12.2 Å². The van der Waals surface area contributed by atoms with Crippen molar-refractivity contribution in [3.8, 4) is 0 Å². The summed E-state index contributed by atoms with van der Waals surface area (Å²) in [7, 11) is 0. The Morgan fingerprint density at radius 3 is 2.25 bits per heavy atom. The lowest BCUT2D eigenvalue weighted by atomic mass is 10.1. The Morgan fingerprint density at radius 1 is 1.05 bits per heavy atom. The fourth-order valence-corrected chi connectivity index (χ4v) is 1.79. The second kappa shape index (κ2) is 5.75. The van der Waals surface area contributed by atoms with Crippen molar-refractivity contribution in [1.82, 2.24) is 0 Å². The Bertz CT molecular complexity index is 671. The van der Waals surface area contributed by atoms with E-state index in [2.05, 4.69) is 5.32 Å². The summed E-state index contributed by atoms with van der Waals surface area (Å²) < 4.78 is 25.9. The van der Waals surface area contributed by atoms with Gasteiger partial charge in [0.25, 0.3) is 5.91 Å². The van der Waals surface area contributed by atoms with Crippen molar-refractivity contribution in [1.29, 1.82) is 0 Å². The first kappa shape index (κ1) is 14.1. The van der Waals surface area contributed by atoms with E-state index >= 15 is 0 Å². The van der Waals surface area contributed by atoms with Crippen LogP contribution in [0.3, 0.4) is 0 Å². The highest BCUT2D eigenvalue weighted by molar-refractivity contribution is 7.80. The minimum atomic E-state index is -0.507. The van der Waals surface area contributed by atoms with Gasteiger partial charge < -0.3 is 11.1 Å². The van der Waals surface area contributed by atoms with Crippen LogP contribution in [0.2, 0.25) is 0 Å². The molecule has 2 aromatic rings. The van der Waals surface area contributed by atoms with E-state index in [1.807, 2.05) is 0 Å². The summed E-state index contributed by atoms with van der Waals surface area (Å²) >= 11 is 4.81. The van der Waals surface area contributed by atoms with Gasteiger partial charge in [-0.25, -0.2) is 8.78 Å². The van der Waals surface area contributed by atoms with Crippen LogP contribution in [0.5, 0.6) is 0 Å². The maximum Gasteiger partial charge on any atom is 0.255 e. The third-order valence-electron chi connectivity index (χ3n) is 2.60. The maximum absolute atomic E-state index is 13.1. The first-order valence-corrected chi connectivity index (χ1v) is 6.04. The third kappa shape index (κ3) is 3.16. The summed E-state index contributed by atoms with van der Waals surface area (Å²) in [6, 6.07) is 8.72. The molecular weight excluding hydrogens is 282 g/mol. The molecule has 0 fully saturated rings. The molecule has 102 valence electrons. The molecule has 0 saturated heterocycles. The first-order chi connectivity index (χ1) is 9.47. The number of thiocarbonyl (C=S) groups is 1. The Labute approximate surface area is 119 Å². The van der Waals surface area contributed by atoms with Crippen LogP contribution < -0.4 is 11.1 Å². The smallest absolute Gasteiger partial charge is 0.255 e. The second-order valence-electron chi connectivity index (χ2n) is 4.02. The van der Waals surface area contributed by atoms with E-state index < -0.39 is 17.5 Å². The van der Waals surface area contributed by atoms with Crippen molar-refractivity contribution >= 4 is 28.8 Å². The van der Waals surface area contributed by atoms with Crippen molar-refractivity contribution in [2.75, 3.05) is 5.32 Å². The SMILES string of the molecule is NC(=S)c1cc(F)ccc1NC(=O)c1ccc(F)cc1. The molecule has 0 aliphatic rings. The summed E-state index contributed by atoms with van der Waals surface area (Å²) in [4.78, 5) is 11.9. The van der Waals surface area contributed by atoms with E-state index in [1.54, 1.807) is 0 Å². The molecule has 0 unspecified atom stereocenters. The average Bonchev–Trinajstić information content (AvgIpc) is 2.41. The highest BCUT2D eigenvalue weighted by atomic mass is 32.1. The highest BCUT2D eigenvalue weighted by Gasteiger charge is 2.11. The Kier molecular flexibility index (Phi) is 4.05. The number of benzene rings is 2. The normalized spacial score (nSPS) is 10.1. The van der Waals surface area contributed by atoms with Crippen molar-refractivity contribution in [3.05, 3.63) is 65.2 Å². The summed E-state index contributed by atoms with van der Waals surface area (Å²) in [5.74, 6) is -1.41. The van der Waals surface area contributed by atoms with E-state index in [0.717, 1.165) is 6.07 Å². The van der Waals surface area contributed by atoms with Crippen LogP contribution in [0, 0.1) is 11.6 Å². The van der Waals surface area contributed by atoms with Gasteiger partial charge in [0.15, 0.2) is 0 Å². The number of halogens is 2. The number of nitrogens with one attached hydrogen (secondary N) is 1. The number of hydrogen-bond donors (Lipinski definition) is 2. The van der Waals surface area contributed by atoms with Gasteiger partial charge in [-0.3, -0.25) is 4.79 Å². The molecule has 0 bridgehead atoms. The number of carbonyl (C=O) groups excluding carboxylic acids is 1. The van der Waals surface area contributed by atoms with Gasteiger partial charge in [0.2, 0.25) is 0 Å². The van der Waals surface area contributed by atoms with Crippen LogP contribution in [-0.2, 0) is 0 Å². The molecule has 0 spiro atoms. The van der Waals surface area contributed by atoms with Crippen molar-refractivity contribution in [3.63, 3.8) is 0 Å². The van der Waals surface area contributed by atoms with E-state index in [-0.39, 0.29) is 16.1 Å². The fraction of sp³-hybridized carbons (Fsp3) is 0. The van der Waals surface area contributed by atoms with Gasteiger partial charge in [-0.1, -0.05) is 12.2 Å². The van der Waals surface area contributed by atoms with E-state index in [4.69, 9.17) is 18.0 Å². The molecule has 1 amide bonds. The summed E-state index contributed by atoms with van der Waals surface area (Å²) in [5.41, 5.74) is 6.28. The van der Waals surface area contributed by atoms with Crippen LogP contribution in [-0.4, -0.2) is 10.9 Å². The van der Waals surface area contributed by atoms with Crippen LogP contribution in [0.15, 0.2) is 42.5 Å². The molecule has 0 radical (unpaired) electrons. The minimum Gasteiger partial charge on any atom is -0.389 e. The molecule has 2 aromatic carbocycles. The Hall–Kier alpha value is -2.34. The number of nitrogens with two attached hydrogens (primary N) is 1. The monoisotopic (exact) mass is 292 g/mol. The number of amides is 1. The molecule has 0 aliphatic carbocycles. The topological polar surface area (TPSA) is 55.1 Å². The highest BCUT2D eigenvalue weighted by Crippen LogP contribution is 2.18.